The molecule has 6 nitrogen and oxygen atoms in total. The van der Waals surface area contributed by atoms with Gasteiger partial charge in [0.1, 0.15) is 5.82 Å². The van der Waals surface area contributed by atoms with Crippen LogP contribution >= 0.6 is 0 Å². The lowest BCUT2D eigenvalue weighted by molar-refractivity contribution is 0.352. The van der Waals surface area contributed by atoms with Crippen molar-refractivity contribution in [2.75, 3.05) is 19.5 Å². The van der Waals surface area contributed by atoms with Crippen molar-refractivity contribution in [1.29, 1.82) is 0 Å². The average Bonchev–Trinajstić information content (AvgIpc) is 3.03. The third-order valence-corrected chi connectivity index (χ3v) is 4.27. The summed E-state index contributed by atoms with van der Waals surface area (Å²) in [6.07, 6.45) is 0. The van der Waals surface area contributed by atoms with Crippen LogP contribution in [0.2, 0.25) is 0 Å². The number of hydrogen-bond donors (Lipinski definition) is 1. The van der Waals surface area contributed by atoms with Crippen molar-refractivity contribution < 1.29 is 9.47 Å². The Kier molecular flexibility index (Phi) is 4.76. The molecule has 0 saturated carbocycles. The molecule has 3 rings (SSSR count). The van der Waals surface area contributed by atoms with Gasteiger partial charge in [-0.25, -0.2) is 4.98 Å². The van der Waals surface area contributed by atoms with Crippen molar-refractivity contribution in [3.05, 3.63) is 47.3 Å². The maximum Gasteiger partial charge on any atom is 0.165 e. The van der Waals surface area contributed by atoms with Crippen molar-refractivity contribution >= 4 is 11.5 Å². The Morgan fingerprint density at radius 1 is 1.12 bits per heavy atom. The number of fused-ring (bicyclic) bond motifs is 1. The standard InChI is InChI=1S/C20H26N4O2/c1-13-10-17(24-18(22-13)11-16(23-24)20(2,3)4)21-12-14-8-7-9-15(25-5)19(14)26-6/h7-11,21H,12H2,1-6H3. The van der Waals surface area contributed by atoms with Gasteiger partial charge in [0.25, 0.3) is 0 Å². The molecule has 0 aliphatic rings. The van der Waals surface area contributed by atoms with Gasteiger partial charge in [0.2, 0.25) is 0 Å². The zero-order chi connectivity index (χ0) is 18.9. The molecular weight excluding hydrogens is 328 g/mol. The summed E-state index contributed by atoms with van der Waals surface area (Å²) in [4.78, 5) is 4.60. The minimum absolute atomic E-state index is 0.0328. The highest BCUT2D eigenvalue weighted by Crippen LogP contribution is 2.31. The molecule has 0 atom stereocenters. The van der Waals surface area contributed by atoms with E-state index in [2.05, 4.69) is 31.1 Å². The average molecular weight is 354 g/mol. The second kappa shape index (κ2) is 6.86. The lowest BCUT2D eigenvalue weighted by atomic mass is 9.93. The highest BCUT2D eigenvalue weighted by atomic mass is 16.5. The first kappa shape index (κ1) is 18.0. The van der Waals surface area contributed by atoms with Gasteiger partial charge in [0, 0.05) is 35.3 Å². The molecule has 0 unspecified atom stereocenters. The van der Waals surface area contributed by atoms with E-state index in [9.17, 15) is 0 Å². The topological polar surface area (TPSA) is 60.7 Å². The first-order chi connectivity index (χ1) is 12.3. The van der Waals surface area contributed by atoms with Crippen LogP contribution in [0.3, 0.4) is 0 Å². The molecule has 138 valence electrons. The van der Waals surface area contributed by atoms with E-state index in [1.54, 1.807) is 14.2 Å². The largest absolute Gasteiger partial charge is 0.493 e. The molecule has 0 radical (unpaired) electrons. The fraction of sp³-hybridized carbons (Fsp3) is 0.400. The second-order valence-corrected chi connectivity index (χ2v) is 7.34. The summed E-state index contributed by atoms with van der Waals surface area (Å²) in [7, 11) is 3.29. The summed E-state index contributed by atoms with van der Waals surface area (Å²) in [5.41, 5.74) is 3.78. The summed E-state index contributed by atoms with van der Waals surface area (Å²) in [5.74, 6) is 2.35. The van der Waals surface area contributed by atoms with Crippen molar-refractivity contribution in [3.8, 4) is 11.5 Å². The van der Waals surface area contributed by atoms with Crippen LogP contribution in [-0.4, -0.2) is 28.8 Å². The van der Waals surface area contributed by atoms with E-state index in [-0.39, 0.29) is 5.41 Å². The molecule has 0 aliphatic heterocycles. The molecule has 2 aromatic heterocycles. The summed E-state index contributed by atoms with van der Waals surface area (Å²) in [6, 6.07) is 9.91. The molecule has 0 saturated heterocycles. The Bertz CT molecular complexity index is 925. The van der Waals surface area contributed by atoms with E-state index in [0.29, 0.717) is 6.54 Å². The molecule has 0 aliphatic carbocycles. The van der Waals surface area contributed by atoms with Gasteiger partial charge >= 0.3 is 0 Å². The van der Waals surface area contributed by atoms with E-state index < -0.39 is 0 Å². The van der Waals surface area contributed by atoms with Gasteiger partial charge in [-0.2, -0.15) is 9.61 Å². The van der Waals surface area contributed by atoms with Crippen LogP contribution in [0.25, 0.3) is 5.65 Å². The van der Waals surface area contributed by atoms with Crippen LogP contribution < -0.4 is 14.8 Å². The molecule has 0 amide bonds. The van der Waals surface area contributed by atoms with E-state index >= 15 is 0 Å². The smallest absolute Gasteiger partial charge is 0.165 e. The normalized spacial score (nSPS) is 11.6. The van der Waals surface area contributed by atoms with E-state index in [1.807, 2.05) is 41.8 Å². The minimum atomic E-state index is -0.0328. The van der Waals surface area contributed by atoms with Gasteiger partial charge in [-0.05, 0) is 13.0 Å². The fourth-order valence-corrected chi connectivity index (χ4v) is 2.87. The third-order valence-electron chi connectivity index (χ3n) is 4.27. The van der Waals surface area contributed by atoms with Crippen LogP contribution in [0.1, 0.15) is 37.7 Å². The molecule has 3 aromatic rings. The summed E-state index contributed by atoms with van der Waals surface area (Å²) in [6.45, 7) is 9.02. The van der Waals surface area contributed by atoms with Gasteiger partial charge in [0.05, 0.1) is 19.9 Å². The first-order valence-corrected chi connectivity index (χ1v) is 8.65. The molecule has 2 heterocycles. The Balaban J connectivity index is 1.96. The summed E-state index contributed by atoms with van der Waals surface area (Å²) < 4.78 is 12.8. The Morgan fingerprint density at radius 2 is 1.88 bits per heavy atom. The van der Waals surface area contributed by atoms with Crippen molar-refractivity contribution in [2.24, 2.45) is 0 Å². The molecule has 1 N–H and O–H groups in total. The monoisotopic (exact) mass is 354 g/mol. The molecule has 1 aromatic carbocycles. The zero-order valence-corrected chi connectivity index (χ0v) is 16.3. The number of aryl methyl sites for hydroxylation is 1. The van der Waals surface area contributed by atoms with Crippen LogP contribution in [0.5, 0.6) is 11.5 Å². The maximum atomic E-state index is 5.52. The molecule has 26 heavy (non-hydrogen) atoms. The fourth-order valence-electron chi connectivity index (χ4n) is 2.87. The van der Waals surface area contributed by atoms with Gasteiger partial charge in [0.15, 0.2) is 17.1 Å². The molecule has 6 heteroatoms. The lowest BCUT2D eigenvalue weighted by Gasteiger charge is -2.15. The second-order valence-electron chi connectivity index (χ2n) is 7.34. The quantitative estimate of drug-likeness (QED) is 0.751. The van der Waals surface area contributed by atoms with Crippen LogP contribution in [-0.2, 0) is 12.0 Å². The van der Waals surface area contributed by atoms with E-state index in [0.717, 1.165) is 39.9 Å². The van der Waals surface area contributed by atoms with Gasteiger partial charge in [-0.1, -0.05) is 32.9 Å². The number of aromatic nitrogens is 3. The van der Waals surface area contributed by atoms with E-state index in [1.165, 1.54) is 0 Å². The molecule has 0 spiro atoms. The number of para-hydroxylation sites is 1. The Labute approximate surface area is 154 Å². The van der Waals surface area contributed by atoms with Crippen LogP contribution in [0.4, 0.5) is 5.82 Å². The highest BCUT2D eigenvalue weighted by molar-refractivity contribution is 5.53. The van der Waals surface area contributed by atoms with Crippen LogP contribution in [0, 0.1) is 6.92 Å². The number of nitrogens with zero attached hydrogens (tertiary/aromatic N) is 3. The number of ether oxygens (including phenoxy) is 2. The Morgan fingerprint density at radius 3 is 2.54 bits per heavy atom. The number of methoxy groups -OCH3 is 2. The third kappa shape index (κ3) is 3.45. The predicted molar refractivity (Wildman–Crippen MR) is 103 cm³/mol. The number of nitrogens with one attached hydrogen (secondary N) is 1. The first-order valence-electron chi connectivity index (χ1n) is 8.65. The zero-order valence-electron chi connectivity index (χ0n) is 16.3. The molecular formula is C20H26N4O2. The van der Waals surface area contributed by atoms with Gasteiger partial charge in [-0.15, -0.1) is 0 Å². The highest BCUT2D eigenvalue weighted by Gasteiger charge is 2.19. The molecule has 0 bridgehead atoms. The van der Waals surface area contributed by atoms with Crippen molar-refractivity contribution in [3.63, 3.8) is 0 Å². The van der Waals surface area contributed by atoms with E-state index in [4.69, 9.17) is 14.6 Å². The summed E-state index contributed by atoms with van der Waals surface area (Å²) >= 11 is 0. The number of anilines is 1. The van der Waals surface area contributed by atoms with Crippen molar-refractivity contribution in [1.82, 2.24) is 14.6 Å². The number of benzene rings is 1. The van der Waals surface area contributed by atoms with Gasteiger partial charge < -0.3 is 14.8 Å². The number of hydrogen-bond acceptors (Lipinski definition) is 5. The minimum Gasteiger partial charge on any atom is -0.493 e. The maximum absolute atomic E-state index is 5.52. The van der Waals surface area contributed by atoms with Crippen molar-refractivity contribution in [2.45, 2.75) is 39.7 Å². The lowest BCUT2D eigenvalue weighted by Crippen LogP contribution is -2.12. The predicted octanol–water partition coefficient (Wildman–Crippen LogP) is 3.96. The SMILES string of the molecule is COc1cccc(CNc2cc(C)nc3cc(C(C)(C)C)nn23)c1OC. The number of rotatable bonds is 5. The summed E-state index contributed by atoms with van der Waals surface area (Å²) in [5, 5.41) is 8.21. The molecule has 0 fully saturated rings. The van der Waals surface area contributed by atoms with Crippen LogP contribution in [0.15, 0.2) is 30.3 Å². The van der Waals surface area contributed by atoms with Gasteiger partial charge in [-0.3, -0.25) is 0 Å². The Hall–Kier alpha value is -2.76.